The number of nitrogens with zero attached hydrogens (tertiary/aromatic N) is 2. The van der Waals surface area contributed by atoms with Crippen LogP contribution in [0.4, 0.5) is 0 Å². The van der Waals surface area contributed by atoms with Crippen LogP contribution in [-0.2, 0) is 19.4 Å². The first kappa shape index (κ1) is 16.6. The van der Waals surface area contributed by atoms with Crippen LogP contribution in [0.2, 0.25) is 0 Å². The van der Waals surface area contributed by atoms with E-state index in [1.54, 1.807) is 6.92 Å². The van der Waals surface area contributed by atoms with Gasteiger partial charge in [-0.25, -0.2) is 5.43 Å². The number of aliphatic hydroxyl groups is 1. The fraction of sp³-hybridized carbons (Fsp3) is 0.353. The lowest BCUT2D eigenvalue weighted by Gasteiger charge is -2.08. The van der Waals surface area contributed by atoms with Gasteiger partial charge in [0.05, 0.1) is 23.4 Å². The van der Waals surface area contributed by atoms with E-state index in [0.29, 0.717) is 21.7 Å². The summed E-state index contributed by atoms with van der Waals surface area (Å²) in [6, 6.07) is 1.94. The third kappa shape index (κ3) is 3.32. The van der Waals surface area contributed by atoms with E-state index in [0.717, 1.165) is 12.8 Å². The number of hydrogen-bond acceptors (Lipinski definition) is 6. The zero-order valence-corrected chi connectivity index (χ0v) is 14.2. The van der Waals surface area contributed by atoms with Crippen LogP contribution in [0.1, 0.15) is 49.8 Å². The van der Waals surface area contributed by atoms with Gasteiger partial charge in [-0.3, -0.25) is 9.78 Å². The van der Waals surface area contributed by atoms with Crippen molar-refractivity contribution in [3.8, 4) is 5.75 Å². The number of aromatic hydroxyl groups is 1. The number of thiophene rings is 1. The molecule has 7 heteroatoms. The van der Waals surface area contributed by atoms with Crippen LogP contribution in [0.3, 0.4) is 0 Å². The number of fused-ring (bicyclic) bond motifs is 1. The maximum absolute atomic E-state index is 12.2. The number of amides is 1. The second kappa shape index (κ2) is 7.11. The first-order chi connectivity index (χ1) is 11.6. The molecule has 2 aromatic rings. The fourth-order valence-corrected chi connectivity index (χ4v) is 3.88. The summed E-state index contributed by atoms with van der Waals surface area (Å²) in [6.07, 6.45) is 7.24. The number of aryl methyl sites for hydroxylation is 3. The lowest BCUT2D eigenvalue weighted by molar-refractivity contribution is 0.0959. The van der Waals surface area contributed by atoms with Crippen molar-refractivity contribution in [2.24, 2.45) is 5.10 Å². The SMILES string of the molecule is Cc1ncc(CO)c(/C=N/NC(=O)c2cc3c(s2)CCCC3)c1O. The number of pyridine rings is 1. The van der Waals surface area contributed by atoms with E-state index < -0.39 is 0 Å². The zero-order valence-electron chi connectivity index (χ0n) is 13.4. The number of aliphatic hydroxyl groups excluding tert-OH is 1. The summed E-state index contributed by atoms with van der Waals surface area (Å²) in [5, 5.41) is 23.3. The van der Waals surface area contributed by atoms with E-state index in [2.05, 4.69) is 15.5 Å². The zero-order chi connectivity index (χ0) is 17.1. The lowest BCUT2D eigenvalue weighted by Crippen LogP contribution is -2.16. The van der Waals surface area contributed by atoms with Gasteiger partial charge in [-0.15, -0.1) is 11.3 Å². The van der Waals surface area contributed by atoms with Crippen LogP contribution in [0.5, 0.6) is 5.75 Å². The van der Waals surface area contributed by atoms with Crippen molar-refractivity contribution in [3.05, 3.63) is 44.4 Å². The number of hydrazone groups is 1. The highest BCUT2D eigenvalue weighted by atomic mass is 32.1. The standard InChI is InChI=1S/C17H19N3O3S/c1-10-16(22)13(12(9-21)7-18-10)8-19-20-17(23)15-6-11-4-2-3-5-14(11)24-15/h6-8,21-22H,2-5,9H2,1H3,(H,20,23)/b19-8+. The molecular weight excluding hydrogens is 326 g/mol. The van der Waals surface area contributed by atoms with E-state index >= 15 is 0 Å². The van der Waals surface area contributed by atoms with Crippen LogP contribution in [-0.4, -0.2) is 27.3 Å². The first-order valence-electron chi connectivity index (χ1n) is 7.83. The second-order valence-corrected chi connectivity index (χ2v) is 6.89. The molecule has 0 atom stereocenters. The molecule has 0 fully saturated rings. The summed E-state index contributed by atoms with van der Waals surface area (Å²) in [4.78, 5) is 18.1. The Kier molecular flexibility index (Phi) is 4.92. The minimum atomic E-state index is -0.270. The van der Waals surface area contributed by atoms with Crippen molar-refractivity contribution in [2.75, 3.05) is 0 Å². The molecule has 1 aliphatic carbocycles. The van der Waals surface area contributed by atoms with Crippen molar-refractivity contribution < 1.29 is 15.0 Å². The Bertz CT molecular complexity index is 775. The van der Waals surface area contributed by atoms with Crippen LogP contribution in [0.25, 0.3) is 0 Å². The van der Waals surface area contributed by atoms with Gasteiger partial charge in [0.15, 0.2) is 0 Å². The van der Waals surface area contributed by atoms with Gasteiger partial charge in [-0.2, -0.15) is 5.10 Å². The van der Waals surface area contributed by atoms with Crippen LogP contribution < -0.4 is 5.43 Å². The van der Waals surface area contributed by atoms with Gasteiger partial charge in [-0.05, 0) is 44.2 Å². The van der Waals surface area contributed by atoms with E-state index in [9.17, 15) is 15.0 Å². The maximum atomic E-state index is 12.2. The second-order valence-electron chi connectivity index (χ2n) is 5.75. The molecule has 2 aromatic heterocycles. The molecule has 0 bridgehead atoms. The Hall–Kier alpha value is -2.25. The number of nitrogens with one attached hydrogen (secondary N) is 1. The van der Waals surface area contributed by atoms with Gasteiger partial charge >= 0.3 is 0 Å². The average Bonchev–Trinajstić information content (AvgIpc) is 3.03. The fourth-order valence-electron chi connectivity index (χ4n) is 2.74. The van der Waals surface area contributed by atoms with Gasteiger partial charge < -0.3 is 10.2 Å². The smallest absolute Gasteiger partial charge is 0.281 e. The predicted molar refractivity (Wildman–Crippen MR) is 92.6 cm³/mol. The quantitative estimate of drug-likeness (QED) is 0.585. The van der Waals surface area contributed by atoms with Crippen molar-refractivity contribution in [1.29, 1.82) is 0 Å². The molecule has 126 valence electrons. The molecule has 3 N–H and O–H groups in total. The number of hydrogen-bond donors (Lipinski definition) is 3. The molecule has 1 aliphatic rings. The molecule has 0 aliphatic heterocycles. The van der Waals surface area contributed by atoms with Gasteiger partial charge in [0, 0.05) is 22.2 Å². The Morgan fingerprint density at radius 3 is 3.00 bits per heavy atom. The maximum Gasteiger partial charge on any atom is 0.281 e. The largest absolute Gasteiger partial charge is 0.505 e. The molecule has 6 nitrogen and oxygen atoms in total. The highest BCUT2D eigenvalue weighted by Gasteiger charge is 2.17. The highest BCUT2D eigenvalue weighted by Crippen LogP contribution is 2.29. The van der Waals surface area contributed by atoms with Crippen LogP contribution in [0.15, 0.2) is 17.4 Å². The molecule has 0 spiro atoms. The van der Waals surface area contributed by atoms with E-state index in [1.165, 1.54) is 47.0 Å². The lowest BCUT2D eigenvalue weighted by atomic mass is 9.99. The molecular formula is C17H19N3O3S. The highest BCUT2D eigenvalue weighted by molar-refractivity contribution is 7.14. The Morgan fingerprint density at radius 2 is 2.25 bits per heavy atom. The molecule has 2 heterocycles. The van der Waals surface area contributed by atoms with Crippen molar-refractivity contribution in [2.45, 2.75) is 39.2 Å². The van der Waals surface area contributed by atoms with Crippen LogP contribution >= 0.6 is 11.3 Å². The van der Waals surface area contributed by atoms with Crippen molar-refractivity contribution in [3.63, 3.8) is 0 Å². The molecule has 0 saturated carbocycles. The van der Waals surface area contributed by atoms with Gasteiger partial charge in [0.1, 0.15) is 5.75 Å². The van der Waals surface area contributed by atoms with E-state index in [1.807, 2.05) is 6.07 Å². The Morgan fingerprint density at radius 1 is 1.46 bits per heavy atom. The molecule has 3 rings (SSSR count). The molecule has 0 radical (unpaired) electrons. The van der Waals surface area contributed by atoms with Crippen molar-refractivity contribution >= 4 is 23.5 Å². The van der Waals surface area contributed by atoms with Crippen molar-refractivity contribution in [1.82, 2.24) is 10.4 Å². The molecule has 1 amide bonds. The van der Waals surface area contributed by atoms with E-state index in [-0.39, 0.29) is 18.3 Å². The third-order valence-corrected chi connectivity index (χ3v) is 5.34. The summed E-state index contributed by atoms with van der Waals surface area (Å²) in [5.74, 6) is -0.312. The first-order valence-corrected chi connectivity index (χ1v) is 8.65. The normalized spacial score (nSPS) is 13.9. The van der Waals surface area contributed by atoms with Crippen LogP contribution in [0, 0.1) is 6.92 Å². The van der Waals surface area contributed by atoms with Gasteiger partial charge in [0.25, 0.3) is 5.91 Å². The third-order valence-electron chi connectivity index (χ3n) is 4.11. The molecule has 0 aromatic carbocycles. The molecule has 24 heavy (non-hydrogen) atoms. The monoisotopic (exact) mass is 345 g/mol. The average molecular weight is 345 g/mol. The number of aromatic nitrogens is 1. The number of carbonyl (C=O) groups is 1. The molecule has 0 saturated heterocycles. The van der Waals surface area contributed by atoms with Gasteiger partial charge in [-0.1, -0.05) is 0 Å². The summed E-state index contributed by atoms with van der Waals surface area (Å²) >= 11 is 1.52. The summed E-state index contributed by atoms with van der Waals surface area (Å²) in [7, 11) is 0. The van der Waals surface area contributed by atoms with Gasteiger partial charge in [0.2, 0.25) is 0 Å². The minimum absolute atomic E-state index is 0.0499. The topological polar surface area (TPSA) is 94.8 Å². The molecule has 0 unspecified atom stereocenters. The summed E-state index contributed by atoms with van der Waals surface area (Å²) in [6.45, 7) is 1.39. The minimum Gasteiger partial charge on any atom is -0.505 e. The summed E-state index contributed by atoms with van der Waals surface area (Å²) in [5.41, 5.74) is 4.99. The Balaban J connectivity index is 1.73. The number of carbonyl (C=O) groups excluding carboxylic acids is 1. The Labute approximate surface area is 143 Å². The summed E-state index contributed by atoms with van der Waals surface area (Å²) < 4.78 is 0. The number of rotatable bonds is 4. The predicted octanol–water partition coefficient (Wildman–Crippen LogP) is 2.29. The van der Waals surface area contributed by atoms with E-state index in [4.69, 9.17) is 0 Å².